The van der Waals surface area contributed by atoms with Gasteiger partial charge in [-0.05, 0) is 39.7 Å². The fourth-order valence-electron chi connectivity index (χ4n) is 2.61. The van der Waals surface area contributed by atoms with E-state index in [0.29, 0.717) is 0 Å². The first-order chi connectivity index (χ1) is 10.4. The van der Waals surface area contributed by atoms with Gasteiger partial charge in [-0.1, -0.05) is 63.2 Å². The summed E-state index contributed by atoms with van der Waals surface area (Å²) < 4.78 is 1.40. The number of benzene rings is 3. The maximum absolute atomic E-state index is 2.36. The number of hydrogen-bond acceptors (Lipinski definition) is 1. The molecule has 4 rings (SSSR count). The molecule has 0 nitrogen and oxygen atoms in total. The van der Waals surface area contributed by atoms with Crippen LogP contribution in [0.1, 0.15) is 4.88 Å². The highest BCUT2D eigenvalue weighted by Crippen LogP contribution is 2.33. The Bertz CT molecular complexity index is 841. The van der Waals surface area contributed by atoms with Crippen LogP contribution >= 0.6 is 19.9 Å². The molecule has 0 spiro atoms. The maximum Gasteiger partial charge on any atom is 0.0352 e. The summed E-state index contributed by atoms with van der Waals surface area (Å²) in [5.74, 6) is 0. The molecule has 3 aromatic carbocycles. The van der Waals surface area contributed by atoms with Crippen molar-refractivity contribution < 1.29 is 0 Å². The smallest absolute Gasteiger partial charge is 0.0352 e. The molecule has 2 heteroatoms. The standard InChI is InChI=1S/C19H15PS/c1-2-8-17(9-3-1)20-13-18-11-16-10-14-6-4-5-7-15(14)12-19(16)21-18/h1-12,20H,13H2. The summed E-state index contributed by atoms with van der Waals surface area (Å²) in [6, 6.07) is 26.4. The summed E-state index contributed by atoms with van der Waals surface area (Å²) in [6.45, 7) is 0. The zero-order valence-electron chi connectivity index (χ0n) is 11.5. The molecule has 0 bridgehead atoms. The highest BCUT2D eigenvalue weighted by molar-refractivity contribution is 7.46. The zero-order valence-corrected chi connectivity index (χ0v) is 13.4. The van der Waals surface area contributed by atoms with Gasteiger partial charge in [-0.3, -0.25) is 0 Å². The first-order valence-electron chi connectivity index (χ1n) is 7.09. The second-order valence-electron chi connectivity index (χ2n) is 5.17. The summed E-state index contributed by atoms with van der Waals surface area (Å²) in [6.07, 6.45) is 1.15. The van der Waals surface area contributed by atoms with Crippen molar-refractivity contribution in [3.63, 3.8) is 0 Å². The highest BCUT2D eigenvalue weighted by atomic mass is 32.1. The van der Waals surface area contributed by atoms with Gasteiger partial charge >= 0.3 is 0 Å². The van der Waals surface area contributed by atoms with Gasteiger partial charge in [0.25, 0.3) is 0 Å². The van der Waals surface area contributed by atoms with Crippen molar-refractivity contribution in [3.8, 4) is 0 Å². The van der Waals surface area contributed by atoms with Crippen molar-refractivity contribution in [2.24, 2.45) is 0 Å². The lowest BCUT2D eigenvalue weighted by atomic mass is 10.1. The van der Waals surface area contributed by atoms with E-state index in [1.165, 1.54) is 31.0 Å². The van der Waals surface area contributed by atoms with Crippen molar-refractivity contribution in [2.45, 2.75) is 6.16 Å². The predicted molar refractivity (Wildman–Crippen MR) is 97.4 cm³/mol. The molecule has 0 aliphatic carbocycles. The van der Waals surface area contributed by atoms with Crippen LogP contribution < -0.4 is 5.30 Å². The molecule has 0 aliphatic rings. The minimum absolute atomic E-state index is 0.856. The van der Waals surface area contributed by atoms with Crippen LogP contribution in [-0.4, -0.2) is 0 Å². The molecule has 0 N–H and O–H groups in total. The van der Waals surface area contributed by atoms with Crippen LogP contribution in [-0.2, 0) is 6.16 Å². The summed E-state index contributed by atoms with van der Waals surface area (Å²) in [7, 11) is 0.856. The molecule has 0 amide bonds. The van der Waals surface area contributed by atoms with E-state index in [1.54, 1.807) is 0 Å². The van der Waals surface area contributed by atoms with Gasteiger partial charge in [-0.15, -0.1) is 11.3 Å². The average molecular weight is 306 g/mol. The fraction of sp³-hybridized carbons (Fsp3) is 0.0526. The predicted octanol–water partition coefficient (Wildman–Crippen LogP) is 5.56. The third kappa shape index (κ3) is 2.72. The Morgan fingerprint density at radius 2 is 1.43 bits per heavy atom. The van der Waals surface area contributed by atoms with Gasteiger partial charge in [0, 0.05) is 15.7 Å². The minimum atomic E-state index is 0.856. The van der Waals surface area contributed by atoms with E-state index in [-0.39, 0.29) is 0 Å². The second kappa shape index (κ2) is 5.60. The van der Waals surface area contributed by atoms with E-state index in [2.05, 4.69) is 72.8 Å². The van der Waals surface area contributed by atoms with Crippen LogP contribution in [0, 0.1) is 0 Å². The Labute approximate surface area is 130 Å². The SMILES string of the molecule is c1ccc(PCc2cc3cc4ccccc4cc3s2)cc1. The lowest BCUT2D eigenvalue weighted by Gasteiger charge is -1.98. The van der Waals surface area contributed by atoms with Crippen LogP contribution in [0.15, 0.2) is 72.8 Å². The monoisotopic (exact) mass is 306 g/mol. The molecule has 1 heterocycles. The van der Waals surface area contributed by atoms with Crippen molar-refractivity contribution in [1.29, 1.82) is 0 Å². The maximum atomic E-state index is 2.36. The lowest BCUT2D eigenvalue weighted by molar-refractivity contribution is 1.55. The fourth-order valence-corrected chi connectivity index (χ4v) is 4.92. The van der Waals surface area contributed by atoms with Crippen LogP contribution in [0.5, 0.6) is 0 Å². The molecular weight excluding hydrogens is 291 g/mol. The zero-order chi connectivity index (χ0) is 14.1. The first-order valence-corrected chi connectivity index (χ1v) is 9.11. The summed E-state index contributed by atoms with van der Waals surface area (Å²) in [4.78, 5) is 1.49. The van der Waals surface area contributed by atoms with E-state index >= 15 is 0 Å². The molecule has 1 atom stereocenters. The average Bonchev–Trinajstić information content (AvgIpc) is 2.93. The van der Waals surface area contributed by atoms with Crippen molar-refractivity contribution in [3.05, 3.63) is 77.7 Å². The summed E-state index contributed by atoms with van der Waals surface area (Å²) >= 11 is 1.94. The summed E-state index contributed by atoms with van der Waals surface area (Å²) in [5, 5.41) is 5.50. The minimum Gasteiger partial charge on any atom is -0.140 e. The van der Waals surface area contributed by atoms with Gasteiger partial charge in [0.05, 0.1) is 0 Å². The van der Waals surface area contributed by atoms with E-state index in [9.17, 15) is 0 Å². The number of hydrogen-bond donors (Lipinski definition) is 0. The highest BCUT2D eigenvalue weighted by Gasteiger charge is 2.04. The van der Waals surface area contributed by atoms with Crippen LogP contribution in [0.25, 0.3) is 20.9 Å². The van der Waals surface area contributed by atoms with E-state index in [0.717, 1.165) is 14.7 Å². The molecule has 0 fully saturated rings. The van der Waals surface area contributed by atoms with Crippen LogP contribution in [0.4, 0.5) is 0 Å². The molecule has 0 aliphatic heterocycles. The van der Waals surface area contributed by atoms with Gasteiger partial charge in [-0.25, -0.2) is 0 Å². The number of rotatable bonds is 3. The topological polar surface area (TPSA) is 0 Å². The first kappa shape index (κ1) is 13.0. The van der Waals surface area contributed by atoms with Gasteiger partial charge in [0.2, 0.25) is 0 Å². The third-order valence-corrected chi connectivity index (χ3v) is 6.33. The second-order valence-corrected chi connectivity index (χ2v) is 7.62. The largest absolute Gasteiger partial charge is 0.140 e. The quantitative estimate of drug-likeness (QED) is 0.435. The van der Waals surface area contributed by atoms with Gasteiger partial charge < -0.3 is 0 Å². The Balaban J connectivity index is 1.65. The van der Waals surface area contributed by atoms with Gasteiger partial charge in [0.15, 0.2) is 0 Å². The van der Waals surface area contributed by atoms with E-state index < -0.39 is 0 Å². The van der Waals surface area contributed by atoms with Crippen molar-refractivity contribution in [1.82, 2.24) is 0 Å². The molecule has 1 aromatic heterocycles. The molecule has 102 valence electrons. The Morgan fingerprint density at radius 1 is 0.714 bits per heavy atom. The molecule has 4 aromatic rings. The van der Waals surface area contributed by atoms with Crippen molar-refractivity contribution >= 4 is 46.1 Å². The van der Waals surface area contributed by atoms with E-state index in [1.807, 2.05) is 11.3 Å². The normalized spacial score (nSPS) is 11.8. The molecule has 0 saturated heterocycles. The van der Waals surface area contributed by atoms with Gasteiger partial charge in [-0.2, -0.15) is 0 Å². The molecule has 21 heavy (non-hydrogen) atoms. The third-order valence-electron chi connectivity index (χ3n) is 3.68. The molecule has 0 saturated carbocycles. The lowest BCUT2D eigenvalue weighted by Crippen LogP contribution is -1.91. The number of fused-ring (bicyclic) bond motifs is 2. The van der Waals surface area contributed by atoms with Crippen LogP contribution in [0.2, 0.25) is 0 Å². The molecule has 1 unspecified atom stereocenters. The summed E-state index contributed by atoms with van der Waals surface area (Å²) in [5.41, 5.74) is 0. The number of thiophene rings is 1. The molecular formula is C19H15PS. The Hall–Kier alpha value is -1.69. The Kier molecular flexibility index (Phi) is 3.47. The molecule has 0 radical (unpaired) electrons. The van der Waals surface area contributed by atoms with Crippen LogP contribution in [0.3, 0.4) is 0 Å². The van der Waals surface area contributed by atoms with Gasteiger partial charge in [0.1, 0.15) is 0 Å². The van der Waals surface area contributed by atoms with E-state index in [4.69, 9.17) is 0 Å². The Morgan fingerprint density at radius 3 is 2.24 bits per heavy atom. The van der Waals surface area contributed by atoms with Crippen molar-refractivity contribution in [2.75, 3.05) is 0 Å².